The number of Topliss-reactive ketones (excluding diaryl/α,β-unsaturated/α-hetero) is 2. The van der Waals surface area contributed by atoms with Gasteiger partial charge in [0.15, 0.2) is 11.6 Å². The third-order valence-electron chi connectivity index (χ3n) is 13.8. The van der Waals surface area contributed by atoms with E-state index in [9.17, 15) is 9.59 Å². The van der Waals surface area contributed by atoms with E-state index < -0.39 is 0 Å². The topological polar surface area (TPSA) is 38.5 Å². The van der Waals surface area contributed by atoms with Crippen LogP contribution >= 0.6 is 0 Å². The summed E-state index contributed by atoms with van der Waals surface area (Å²) in [7, 11) is 0. The number of carbonyl (C=O) groups excluding carboxylic acids is 2. The van der Waals surface area contributed by atoms with Crippen LogP contribution in [-0.4, -0.2) is 16.0 Å². The van der Waals surface area contributed by atoms with Gasteiger partial charge in [-0.1, -0.05) is 60.7 Å². The van der Waals surface area contributed by atoms with Crippen LogP contribution < -0.4 is 0 Å². The quantitative estimate of drug-likeness (QED) is 0.186. The third-order valence-corrected chi connectivity index (χ3v) is 13.8. The Balaban J connectivity index is 1.19. The molecule has 0 N–H and O–H groups in total. The molecule has 8 aromatic rings. The summed E-state index contributed by atoms with van der Waals surface area (Å²) in [6.07, 6.45) is 8.37. The lowest BCUT2D eigenvalue weighted by Gasteiger charge is -2.22. The van der Waals surface area contributed by atoms with Crippen LogP contribution in [0, 0.1) is 11.8 Å². The zero-order valence-electron chi connectivity index (χ0n) is 29.7. The van der Waals surface area contributed by atoms with Crippen LogP contribution in [0.3, 0.4) is 0 Å². The Morgan fingerprint density at radius 2 is 0.755 bits per heavy atom. The van der Waals surface area contributed by atoms with Crippen LogP contribution in [-0.2, 0) is 0 Å². The Morgan fingerprint density at radius 3 is 1.19 bits per heavy atom. The van der Waals surface area contributed by atoms with Crippen LogP contribution in [0.2, 0.25) is 0 Å². The third kappa shape index (κ3) is 4.28. The van der Waals surface area contributed by atoms with E-state index in [0.29, 0.717) is 23.4 Å². The standard InChI is InChI=1S/C50H39NO2/c52-49-32-15-11-30(12-16-32)38-24-40-42-22-37(36-20-34(28-7-3-1-4-8-28)19-35(21-36)29-9-5-2-6-10-29)23-43-41-25-39-31-13-17-33(18-14-31)50(53)45(39)27-47(41)51(48(42)43)46(40)26-44(38)49/h1-10,19-27,30-33H,11-18H2. The first-order valence-electron chi connectivity index (χ1n) is 19.8. The van der Waals surface area contributed by atoms with Crippen molar-refractivity contribution in [2.45, 2.75) is 63.2 Å². The van der Waals surface area contributed by atoms with Crippen molar-refractivity contribution >= 4 is 49.7 Å². The van der Waals surface area contributed by atoms with E-state index in [1.165, 1.54) is 71.6 Å². The molecular weight excluding hydrogens is 647 g/mol. The van der Waals surface area contributed by atoms with E-state index in [0.717, 1.165) is 73.5 Å². The maximum atomic E-state index is 14.0. The van der Waals surface area contributed by atoms with Gasteiger partial charge < -0.3 is 4.40 Å². The second kappa shape index (κ2) is 11.0. The lowest BCUT2D eigenvalue weighted by atomic mass is 9.82. The van der Waals surface area contributed by atoms with Crippen molar-refractivity contribution in [1.82, 2.24) is 4.40 Å². The minimum atomic E-state index is 0.141. The number of nitrogens with zero attached hydrogens (tertiary/aromatic N) is 1. The molecule has 53 heavy (non-hydrogen) atoms. The molecule has 14 rings (SSSR count). The van der Waals surface area contributed by atoms with Gasteiger partial charge in [-0.15, -0.1) is 0 Å². The van der Waals surface area contributed by atoms with Gasteiger partial charge in [-0.3, -0.25) is 9.59 Å². The number of carbonyl (C=O) groups is 2. The van der Waals surface area contributed by atoms with Crippen molar-refractivity contribution < 1.29 is 9.59 Å². The summed E-state index contributed by atoms with van der Waals surface area (Å²) in [5.74, 6) is 1.82. The number of hydrogen-bond donors (Lipinski definition) is 0. The normalized spacial score (nSPS) is 22.2. The lowest BCUT2D eigenvalue weighted by molar-refractivity contribution is 0.0891. The molecule has 0 unspecified atom stereocenters. The fraction of sp³-hybridized carbons (Fsp3) is 0.240. The van der Waals surface area contributed by atoms with Crippen molar-refractivity contribution in [2.24, 2.45) is 11.8 Å². The Hall–Kier alpha value is -5.54. The number of benzene rings is 6. The van der Waals surface area contributed by atoms with Gasteiger partial charge >= 0.3 is 0 Å². The maximum Gasteiger partial charge on any atom is 0.166 e. The highest BCUT2D eigenvalue weighted by molar-refractivity contribution is 6.26. The molecule has 3 nitrogen and oxygen atoms in total. The molecule has 6 aliphatic rings. The molecule has 3 heteroatoms. The van der Waals surface area contributed by atoms with E-state index in [4.69, 9.17) is 0 Å². The van der Waals surface area contributed by atoms with Crippen LogP contribution in [0.1, 0.15) is 95.0 Å². The van der Waals surface area contributed by atoms with Gasteiger partial charge in [0.25, 0.3) is 0 Å². The minimum Gasteiger partial charge on any atom is -0.308 e. The molecule has 256 valence electrons. The van der Waals surface area contributed by atoms with E-state index in [2.05, 4.69) is 120 Å². The van der Waals surface area contributed by atoms with Gasteiger partial charge in [-0.25, -0.2) is 0 Å². The van der Waals surface area contributed by atoms with E-state index >= 15 is 0 Å². The van der Waals surface area contributed by atoms with Crippen LogP contribution in [0.15, 0.2) is 115 Å². The fourth-order valence-electron chi connectivity index (χ4n) is 11.1. The maximum absolute atomic E-state index is 14.0. The van der Waals surface area contributed by atoms with Crippen molar-refractivity contribution in [2.75, 3.05) is 0 Å². The summed E-state index contributed by atoms with van der Waals surface area (Å²) in [6, 6.07) is 42.5. The van der Waals surface area contributed by atoms with Crippen molar-refractivity contribution in [3.8, 4) is 33.4 Å². The molecule has 0 radical (unpaired) electrons. The SMILES string of the molecule is O=C1c2cc3c(cc2C2CCC1CC2)c1cc(-c2cc(-c4ccccc4)cc(-c4ccccc4)c2)cc2c4cc5c(cc4n3c12)C(=O)C1CCC5CC1. The zero-order chi connectivity index (χ0) is 34.9. The first-order chi connectivity index (χ1) is 26.1. The Morgan fingerprint density at radius 1 is 0.377 bits per heavy atom. The Bertz CT molecular complexity index is 2640. The summed E-state index contributed by atoms with van der Waals surface area (Å²) >= 11 is 0. The smallest absolute Gasteiger partial charge is 0.166 e. The highest BCUT2D eigenvalue weighted by atomic mass is 16.1. The van der Waals surface area contributed by atoms with Gasteiger partial charge in [-0.05, 0) is 162 Å². The molecule has 4 bridgehead atoms. The molecule has 0 amide bonds. The lowest BCUT2D eigenvalue weighted by Crippen LogP contribution is -2.15. The van der Waals surface area contributed by atoms with Crippen molar-refractivity contribution in [1.29, 1.82) is 0 Å². The molecule has 2 heterocycles. The number of hydrogen-bond acceptors (Lipinski definition) is 2. The van der Waals surface area contributed by atoms with E-state index in [1.807, 2.05) is 0 Å². The molecule has 6 aromatic carbocycles. The first-order valence-corrected chi connectivity index (χ1v) is 19.8. The van der Waals surface area contributed by atoms with Gasteiger partial charge in [0, 0.05) is 44.5 Å². The number of fused-ring (bicyclic) bond motifs is 10. The summed E-state index contributed by atoms with van der Waals surface area (Å²) in [5.41, 5.74) is 14.9. The highest BCUT2D eigenvalue weighted by Crippen LogP contribution is 2.50. The summed E-state index contributed by atoms with van der Waals surface area (Å²) < 4.78 is 2.41. The Labute approximate surface area is 308 Å². The van der Waals surface area contributed by atoms with Crippen LogP contribution in [0.4, 0.5) is 0 Å². The zero-order valence-corrected chi connectivity index (χ0v) is 29.7. The van der Waals surface area contributed by atoms with Crippen LogP contribution in [0.5, 0.6) is 0 Å². The summed E-state index contributed by atoms with van der Waals surface area (Å²) in [5, 5.41) is 4.89. The van der Waals surface area contributed by atoms with E-state index in [1.54, 1.807) is 0 Å². The molecule has 6 aliphatic carbocycles. The average Bonchev–Trinajstić information content (AvgIpc) is 3.53. The highest BCUT2D eigenvalue weighted by Gasteiger charge is 2.38. The van der Waals surface area contributed by atoms with Gasteiger partial charge in [-0.2, -0.15) is 0 Å². The summed E-state index contributed by atoms with van der Waals surface area (Å²) in [4.78, 5) is 28.1. The van der Waals surface area contributed by atoms with Gasteiger partial charge in [0.05, 0.1) is 16.6 Å². The molecular formula is C50H39NO2. The van der Waals surface area contributed by atoms with Crippen molar-refractivity contribution in [3.63, 3.8) is 0 Å². The minimum absolute atomic E-state index is 0.141. The fourth-order valence-corrected chi connectivity index (χ4v) is 11.1. The molecule has 2 aromatic heterocycles. The molecule has 2 saturated carbocycles. The number of ketones is 2. The molecule has 0 spiro atoms. The van der Waals surface area contributed by atoms with Crippen LogP contribution in [0.25, 0.3) is 71.5 Å². The summed E-state index contributed by atoms with van der Waals surface area (Å²) in [6.45, 7) is 0. The van der Waals surface area contributed by atoms with Gasteiger partial charge in [0.1, 0.15) is 0 Å². The average molecular weight is 686 g/mol. The molecule has 0 aliphatic heterocycles. The number of aromatic nitrogens is 1. The predicted molar refractivity (Wildman–Crippen MR) is 215 cm³/mol. The van der Waals surface area contributed by atoms with Gasteiger partial charge in [0.2, 0.25) is 0 Å². The molecule has 2 fully saturated rings. The second-order valence-electron chi connectivity index (χ2n) is 16.5. The predicted octanol–water partition coefficient (Wildman–Crippen LogP) is 12.8. The number of rotatable bonds is 3. The first kappa shape index (κ1) is 30.0. The van der Waals surface area contributed by atoms with E-state index in [-0.39, 0.29) is 11.8 Å². The molecule has 0 atom stereocenters. The monoisotopic (exact) mass is 685 g/mol. The Kier molecular flexibility index (Phi) is 6.22. The largest absolute Gasteiger partial charge is 0.308 e. The molecule has 0 saturated heterocycles. The second-order valence-corrected chi connectivity index (χ2v) is 16.5. The van der Waals surface area contributed by atoms with Crippen molar-refractivity contribution in [3.05, 3.63) is 138 Å².